The molecule has 1 aliphatic rings. The number of rotatable bonds is 4. The molecule has 130 valence electrons. The smallest absolute Gasteiger partial charge is 0.308 e. The number of nitrogens with one attached hydrogen (secondary N) is 1. The van der Waals surface area contributed by atoms with Gasteiger partial charge in [-0.1, -0.05) is 29.3 Å². The quantitative estimate of drug-likeness (QED) is 0.786. The topological polar surface area (TPSA) is 98.8 Å². The monoisotopic (exact) mass is 393 g/mol. The van der Waals surface area contributed by atoms with Crippen molar-refractivity contribution >= 4 is 45.0 Å². The molecule has 1 unspecified atom stereocenters. The molecule has 0 bridgehead atoms. The van der Waals surface area contributed by atoms with Crippen LogP contribution in [0, 0.1) is 0 Å². The zero-order valence-corrected chi connectivity index (χ0v) is 15.2. The minimum absolute atomic E-state index is 0.186. The predicted molar refractivity (Wildman–Crippen MR) is 86.7 cm³/mol. The van der Waals surface area contributed by atoms with Gasteiger partial charge in [0.1, 0.15) is 0 Å². The molecule has 1 aromatic carbocycles. The van der Waals surface area contributed by atoms with Gasteiger partial charge < -0.3 is 9.47 Å². The molecule has 24 heavy (non-hydrogen) atoms. The number of esters is 1. The molecule has 1 atom stereocenters. The van der Waals surface area contributed by atoms with Gasteiger partial charge in [-0.2, -0.15) is 0 Å². The maximum Gasteiger partial charge on any atom is 0.308 e. The lowest BCUT2D eigenvalue weighted by Gasteiger charge is -2.24. The second-order valence-electron chi connectivity index (χ2n) is 5.22. The van der Waals surface area contributed by atoms with Crippen LogP contribution in [0.5, 0.6) is 0 Å². The van der Waals surface area contributed by atoms with Crippen molar-refractivity contribution in [3.8, 4) is 0 Å². The molecule has 0 aromatic heterocycles. The zero-order chi connectivity index (χ0) is 18.3. The Balaban J connectivity index is 2.51. The van der Waals surface area contributed by atoms with Crippen molar-refractivity contribution < 1.29 is 27.5 Å². The minimum Gasteiger partial charge on any atom is -0.456 e. The van der Waals surface area contributed by atoms with Crippen LogP contribution in [-0.4, -0.2) is 26.4 Å². The summed E-state index contributed by atoms with van der Waals surface area (Å²) in [4.78, 5) is 23.9. The first-order valence-corrected chi connectivity index (χ1v) is 9.18. The summed E-state index contributed by atoms with van der Waals surface area (Å²) in [5.74, 6) is -2.52. The van der Waals surface area contributed by atoms with Gasteiger partial charge in [0.2, 0.25) is 21.7 Å². The lowest BCUT2D eigenvalue weighted by Crippen LogP contribution is -2.32. The third kappa shape index (κ3) is 3.66. The van der Waals surface area contributed by atoms with Crippen LogP contribution in [0.15, 0.2) is 29.8 Å². The zero-order valence-electron chi connectivity index (χ0n) is 12.8. The Morgan fingerprint density at radius 2 is 1.92 bits per heavy atom. The van der Waals surface area contributed by atoms with E-state index in [9.17, 15) is 18.0 Å². The van der Waals surface area contributed by atoms with E-state index in [4.69, 9.17) is 32.7 Å². The second kappa shape index (κ2) is 6.27. The van der Waals surface area contributed by atoms with E-state index in [1.165, 1.54) is 25.1 Å². The second-order valence-corrected chi connectivity index (χ2v) is 7.78. The third-order valence-corrected chi connectivity index (χ3v) is 4.44. The molecule has 1 aromatic rings. The number of halogens is 2. The van der Waals surface area contributed by atoms with Crippen molar-refractivity contribution in [2.24, 2.45) is 0 Å². The Hall–Kier alpha value is -1.77. The van der Waals surface area contributed by atoms with Gasteiger partial charge in [0, 0.05) is 12.5 Å². The van der Waals surface area contributed by atoms with E-state index < -0.39 is 39.0 Å². The molecule has 2 rings (SSSR count). The lowest BCUT2D eigenvalue weighted by molar-refractivity contribution is -0.142. The lowest BCUT2D eigenvalue weighted by atomic mass is 9.91. The number of hydrogen-bond acceptors (Lipinski definition) is 6. The van der Waals surface area contributed by atoms with Gasteiger partial charge in [-0.3, -0.25) is 14.3 Å². The highest BCUT2D eigenvalue weighted by atomic mass is 35.5. The highest BCUT2D eigenvalue weighted by Crippen LogP contribution is 2.40. The number of carbonyl (C=O) groups is 2. The van der Waals surface area contributed by atoms with Gasteiger partial charge in [0.15, 0.2) is 5.60 Å². The van der Waals surface area contributed by atoms with Crippen molar-refractivity contribution in [1.82, 2.24) is 4.72 Å². The molecule has 10 heteroatoms. The van der Waals surface area contributed by atoms with Crippen LogP contribution in [-0.2, 0) is 34.7 Å². The molecule has 1 aliphatic heterocycles. The molecule has 0 amide bonds. The number of carbonyl (C=O) groups excluding carboxylic acids is 2. The van der Waals surface area contributed by atoms with E-state index in [-0.39, 0.29) is 10.0 Å². The number of Topliss-reactive ketones (excluding diaryl/α,β-unsaturated/α-hetero) is 1. The summed E-state index contributed by atoms with van der Waals surface area (Å²) in [6.07, 6.45) is 0.869. The molecule has 0 fully saturated rings. The number of ketones is 1. The number of benzene rings is 1. The molecular formula is C14H13Cl2NO6S. The first kappa shape index (κ1) is 18.6. The summed E-state index contributed by atoms with van der Waals surface area (Å²) in [6, 6.07) is 4.38. The molecule has 0 radical (unpaired) electrons. The van der Waals surface area contributed by atoms with E-state index in [2.05, 4.69) is 0 Å². The summed E-state index contributed by atoms with van der Waals surface area (Å²) < 4.78 is 35.3. The SMILES string of the molecule is CC(=O)OC1=C(NS(C)(=O)=O)OC(C)(c2ccc(Cl)c(Cl)c2)C1=O. The summed E-state index contributed by atoms with van der Waals surface area (Å²) in [5.41, 5.74) is -1.32. The van der Waals surface area contributed by atoms with Gasteiger partial charge in [-0.25, -0.2) is 8.42 Å². The third-order valence-electron chi connectivity index (χ3n) is 3.15. The van der Waals surface area contributed by atoms with Gasteiger partial charge >= 0.3 is 5.97 Å². The summed E-state index contributed by atoms with van der Waals surface area (Å²) in [7, 11) is -3.77. The molecule has 1 N–H and O–H groups in total. The molecule has 0 saturated heterocycles. The van der Waals surface area contributed by atoms with Crippen molar-refractivity contribution in [3.63, 3.8) is 0 Å². The summed E-state index contributed by atoms with van der Waals surface area (Å²) in [6.45, 7) is 2.47. The van der Waals surface area contributed by atoms with Gasteiger partial charge in [-0.05, 0) is 19.1 Å². The van der Waals surface area contributed by atoms with Gasteiger partial charge in [-0.15, -0.1) is 0 Å². The first-order chi connectivity index (χ1) is 10.9. The Morgan fingerprint density at radius 3 is 2.42 bits per heavy atom. The fourth-order valence-electron chi connectivity index (χ4n) is 2.07. The molecule has 0 aliphatic carbocycles. The van der Waals surface area contributed by atoms with Crippen molar-refractivity contribution in [2.45, 2.75) is 19.4 Å². The van der Waals surface area contributed by atoms with E-state index in [0.717, 1.165) is 13.2 Å². The van der Waals surface area contributed by atoms with Crippen molar-refractivity contribution in [2.75, 3.05) is 6.26 Å². The fraction of sp³-hybridized carbons (Fsp3) is 0.286. The largest absolute Gasteiger partial charge is 0.456 e. The first-order valence-electron chi connectivity index (χ1n) is 6.54. The summed E-state index contributed by atoms with van der Waals surface area (Å²) >= 11 is 11.8. The Labute approximate surface area is 148 Å². The molecule has 0 spiro atoms. The molecule has 1 heterocycles. The Bertz CT molecular complexity index is 864. The van der Waals surface area contributed by atoms with Crippen LogP contribution in [0.2, 0.25) is 10.0 Å². The van der Waals surface area contributed by atoms with Crippen LogP contribution in [0.3, 0.4) is 0 Å². The average molecular weight is 394 g/mol. The van der Waals surface area contributed by atoms with E-state index in [1.54, 1.807) is 0 Å². The average Bonchev–Trinajstić information content (AvgIpc) is 2.65. The van der Waals surface area contributed by atoms with Crippen molar-refractivity contribution in [1.29, 1.82) is 0 Å². The fourth-order valence-corrected chi connectivity index (χ4v) is 2.84. The highest BCUT2D eigenvalue weighted by molar-refractivity contribution is 7.88. The van der Waals surface area contributed by atoms with E-state index in [0.29, 0.717) is 5.56 Å². The molecular weight excluding hydrogens is 381 g/mol. The number of sulfonamides is 1. The van der Waals surface area contributed by atoms with Gasteiger partial charge in [0.05, 0.1) is 16.3 Å². The number of hydrogen-bond donors (Lipinski definition) is 1. The highest BCUT2D eigenvalue weighted by Gasteiger charge is 2.50. The van der Waals surface area contributed by atoms with Crippen LogP contribution in [0.25, 0.3) is 0 Å². The number of ether oxygens (including phenoxy) is 2. The van der Waals surface area contributed by atoms with Crippen LogP contribution in [0.4, 0.5) is 0 Å². The van der Waals surface area contributed by atoms with Crippen molar-refractivity contribution in [3.05, 3.63) is 45.5 Å². The Kier molecular flexibility index (Phi) is 4.85. The normalized spacial score (nSPS) is 20.8. The summed E-state index contributed by atoms with van der Waals surface area (Å²) in [5, 5.41) is 0.461. The predicted octanol–water partition coefficient (Wildman–Crippen LogP) is 2.09. The van der Waals surface area contributed by atoms with Crippen LogP contribution < -0.4 is 4.72 Å². The molecule has 0 saturated carbocycles. The Morgan fingerprint density at radius 1 is 1.29 bits per heavy atom. The maximum absolute atomic E-state index is 12.7. The van der Waals surface area contributed by atoms with Crippen LogP contribution >= 0.6 is 23.2 Å². The standard InChI is InChI=1S/C14H13Cl2NO6S/c1-7(18)22-11-12(19)14(2,23-13(11)17-24(3,20)21)8-4-5-9(15)10(16)6-8/h4-6,17H,1-3H3. The molecule has 7 nitrogen and oxygen atoms in total. The van der Waals surface area contributed by atoms with Gasteiger partial charge in [0.25, 0.3) is 5.78 Å². The maximum atomic E-state index is 12.7. The van der Waals surface area contributed by atoms with Crippen LogP contribution in [0.1, 0.15) is 19.4 Å². The van der Waals surface area contributed by atoms with E-state index >= 15 is 0 Å². The van der Waals surface area contributed by atoms with E-state index in [1.807, 2.05) is 4.72 Å². The minimum atomic E-state index is -3.77.